The number of anilines is 2. The molecule has 1 aromatic carbocycles. The minimum atomic E-state index is -4.77. The molecule has 1 aliphatic rings. The van der Waals surface area contributed by atoms with Crippen LogP contribution in [0.15, 0.2) is 35.4 Å². The van der Waals surface area contributed by atoms with Crippen molar-refractivity contribution in [2.24, 2.45) is 5.14 Å². The second-order valence-electron chi connectivity index (χ2n) is 6.71. The molecule has 1 saturated heterocycles. The molecule has 3 unspecified atom stereocenters. The van der Waals surface area contributed by atoms with Crippen molar-refractivity contribution in [3.63, 3.8) is 0 Å². The van der Waals surface area contributed by atoms with E-state index in [4.69, 9.17) is 14.6 Å². The number of nitrogens with zero attached hydrogens (tertiary/aromatic N) is 2. The first-order valence-electron chi connectivity index (χ1n) is 8.74. The zero-order valence-corrected chi connectivity index (χ0v) is 16.4. The Morgan fingerprint density at radius 1 is 1.30 bits per heavy atom. The molecule has 9 nitrogen and oxygen atoms in total. The van der Waals surface area contributed by atoms with Gasteiger partial charge in [0.15, 0.2) is 0 Å². The van der Waals surface area contributed by atoms with Crippen molar-refractivity contribution in [2.75, 3.05) is 11.9 Å². The topological polar surface area (TPSA) is 137 Å². The number of nitrogens with two attached hydrogens (primary N) is 1. The van der Waals surface area contributed by atoms with Crippen LogP contribution in [-0.2, 0) is 20.9 Å². The van der Waals surface area contributed by atoms with Crippen LogP contribution in [0.5, 0.6) is 5.88 Å². The van der Waals surface area contributed by atoms with E-state index in [1.165, 1.54) is 24.3 Å². The van der Waals surface area contributed by atoms with E-state index < -0.39 is 39.9 Å². The first kappa shape index (κ1) is 22.2. The predicted molar refractivity (Wildman–Crippen MR) is 98.6 cm³/mol. The van der Waals surface area contributed by atoms with Gasteiger partial charge in [0, 0.05) is 18.3 Å². The summed E-state index contributed by atoms with van der Waals surface area (Å²) in [5.41, 5.74) is -0.878. The molecule has 2 heterocycles. The van der Waals surface area contributed by atoms with Gasteiger partial charge in [-0.15, -0.1) is 0 Å². The molecule has 30 heavy (non-hydrogen) atoms. The lowest BCUT2D eigenvalue weighted by atomic mass is 10.0. The number of aliphatic hydroxyl groups excluding tert-OH is 1. The van der Waals surface area contributed by atoms with Crippen molar-refractivity contribution in [3.8, 4) is 5.88 Å². The molecule has 2 aromatic rings. The highest BCUT2D eigenvalue weighted by Gasteiger charge is 2.38. The first-order valence-corrected chi connectivity index (χ1v) is 10.3. The third-order valence-corrected chi connectivity index (χ3v) is 5.24. The van der Waals surface area contributed by atoms with E-state index in [0.717, 1.165) is 0 Å². The Morgan fingerprint density at radius 2 is 1.97 bits per heavy atom. The summed E-state index contributed by atoms with van der Waals surface area (Å²) in [6.07, 6.45) is -6.37. The van der Waals surface area contributed by atoms with Crippen LogP contribution >= 0.6 is 0 Å². The molecule has 0 aliphatic carbocycles. The zero-order valence-electron chi connectivity index (χ0n) is 15.6. The quantitative estimate of drug-likeness (QED) is 0.630. The highest BCUT2D eigenvalue weighted by atomic mass is 32.2. The minimum absolute atomic E-state index is 0.0697. The number of alkyl halides is 3. The highest BCUT2D eigenvalue weighted by Crippen LogP contribution is 2.36. The molecule has 0 amide bonds. The summed E-state index contributed by atoms with van der Waals surface area (Å²) in [6, 6.07) is 5.15. The smallest absolute Gasteiger partial charge is 0.423 e. The average molecular weight is 448 g/mol. The van der Waals surface area contributed by atoms with Crippen molar-refractivity contribution >= 4 is 21.7 Å². The van der Waals surface area contributed by atoms with Crippen LogP contribution in [0.25, 0.3) is 0 Å². The normalized spacial score (nSPS) is 22.5. The van der Waals surface area contributed by atoms with E-state index in [1.807, 2.05) is 0 Å². The molecule has 0 bridgehead atoms. The van der Waals surface area contributed by atoms with Gasteiger partial charge in [-0.1, -0.05) is 0 Å². The Balaban J connectivity index is 1.87. The Morgan fingerprint density at radius 3 is 2.57 bits per heavy atom. The molecule has 13 heteroatoms. The van der Waals surface area contributed by atoms with Gasteiger partial charge in [0.2, 0.25) is 21.9 Å². The summed E-state index contributed by atoms with van der Waals surface area (Å²) in [5.74, 6) is -0.949. The van der Waals surface area contributed by atoms with Gasteiger partial charge < -0.3 is 19.9 Å². The molecule has 164 valence electrons. The lowest BCUT2D eigenvalue weighted by Gasteiger charge is -2.32. The van der Waals surface area contributed by atoms with Gasteiger partial charge in [-0.05, 0) is 31.2 Å². The fourth-order valence-corrected chi connectivity index (χ4v) is 3.28. The Bertz CT molecular complexity index is 1000. The van der Waals surface area contributed by atoms with E-state index in [0.29, 0.717) is 11.9 Å². The predicted octanol–water partition coefficient (Wildman–Crippen LogP) is 1.80. The maximum Gasteiger partial charge on any atom is 0.423 e. The van der Waals surface area contributed by atoms with Crippen molar-refractivity contribution < 1.29 is 36.2 Å². The Kier molecular flexibility index (Phi) is 6.17. The van der Waals surface area contributed by atoms with E-state index in [2.05, 4.69) is 15.3 Å². The number of rotatable bonds is 5. The number of benzene rings is 1. The molecule has 1 aliphatic heterocycles. The highest BCUT2D eigenvalue weighted by molar-refractivity contribution is 7.89. The van der Waals surface area contributed by atoms with Crippen LogP contribution < -0.4 is 15.2 Å². The van der Waals surface area contributed by atoms with E-state index in [-0.39, 0.29) is 30.0 Å². The number of ether oxygens (including phenoxy) is 2. The summed E-state index contributed by atoms with van der Waals surface area (Å²) < 4.78 is 73.3. The molecular weight excluding hydrogens is 429 g/mol. The van der Waals surface area contributed by atoms with Crippen LogP contribution in [0.2, 0.25) is 0 Å². The fraction of sp³-hybridized carbons (Fsp3) is 0.412. The summed E-state index contributed by atoms with van der Waals surface area (Å²) in [6.45, 7) is 1.64. The van der Waals surface area contributed by atoms with Gasteiger partial charge in [0.25, 0.3) is 0 Å². The number of primary sulfonamides is 1. The number of aliphatic hydroxyl groups is 1. The molecule has 0 radical (unpaired) electrons. The van der Waals surface area contributed by atoms with E-state index in [9.17, 15) is 26.7 Å². The monoisotopic (exact) mass is 448 g/mol. The number of nitrogens with one attached hydrogen (secondary N) is 1. The second kappa shape index (κ2) is 8.34. The standard InChI is InChI=1S/C17H19F3N4O5S/c1-9-6-14(13(25)8-28-9)29-15-12(17(18,19)20)7-22-16(24-15)23-10-2-4-11(5-3-10)30(21,26)27/h2-5,7,9,13-14,25H,6,8H2,1H3,(H2,21,26,27)(H,22,23,24). The van der Waals surface area contributed by atoms with Gasteiger partial charge in [0.05, 0.1) is 17.6 Å². The first-order chi connectivity index (χ1) is 13.9. The van der Waals surface area contributed by atoms with Crippen LogP contribution in [0, 0.1) is 0 Å². The van der Waals surface area contributed by atoms with Gasteiger partial charge in [0.1, 0.15) is 17.8 Å². The number of sulfonamides is 1. The van der Waals surface area contributed by atoms with Crippen LogP contribution in [0.4, 0.5) is 24.8 Å². The van der Waals surface area contributed by atoms with Crippen molar-refractivity contribution in [1.29, 1.82) is 0 Å². The largest absolute Gasteiger partial charge is 0.471 e. The second-order valence-corrected chi connectivity index (χ2v) is 8.27. The van der Waals surface area contributed by atoms with E-state index in [1.54, 1.807) is 6.92 Å². The summed E-state index contributed by atoms with van der Waals surface area (Å²) >= 11 is 0. The SMILES string of the molecule is CC1CC(Oc2nc(Nc3ccc(S(N)(=O)=O)cc3)ncc2C(F)(F)F)C(O)CO1. The molecule has 0 spiro atoms. The zero-order chi connectivity index (χ0) is 22.1. The van der Waals surface area contributed by atoms with Crippen molar-refractivity contribution in [3.05, 3.63) is 36.0 Å². The molecule has 0 saturated carbocycles. The van der Waals surface area contributed by atoms with Gasteiger partial charge >= 0.3 is 6.18 Å². The van der Waals surface area contributed by atoms with Gasteiger partial charge in [-0.25, -0.2) is 18.5 Å². The van der Waals surface area contributed by atoms with Crippen LogP contribution in [-0.4, -0.2) is 48.4 Å². The number of hydrogen-bond acceptors (Lipinski definition) is 8. The van der Waals surface area contributed by atoms with Crippen molar-refractivity contribution in [2.45, 2.75) is 42.7 Å². The minimum Gasteiger partial charge on any atom is -0.471 e. The van der Waals surface area contributed by atoms with Gasteiger partial charge in [-0.3, -0.25) is 0 Å². The average Bonchev–Trinajstić information content (AvgIpc) is 2.64. The van der Waals surface area contributed by atoms with Crippen LogP contribution in [0.1, 0.15) is 18.9 Å². The molecule has 3 rings (SSSR count). The number of halogens is 3. The molecule has 4 N–H and O–H groups in total. The van der Waals surface area contributed by atoms with Gasteiger partial charge in [-0.2, -0.15) is 18.2 Å². The lowest BCUT2D eigenvalue weighted by molar-refractivity contribution is -0.143. The van der Waals surface area contributed by atoms with Crippen molar-refractivity contribution in [1.82, 2.24) is 9.97 Å². The maximum absolute atomic E-state index is 13.4. The lowest BCUT2D eigenvalue weighted by Crippen LogP contribution is -2.44. The third-order valence-electron chi connectivity index (χ3n) is 4.31. The molecular formula is C17H19F3N4O5S. The Hall–Kier alpha value is -2.48. The summed E-state index contributed by atoms with van der Waals surface area (Å²) in [5, 5.41) is 17.7. The third kappa shape index (κ3) is 5.36. The summed E-state index contributed by atoms with van der Waals surface area (Å²) in [7, 11) is -3.89. The fourth-order valence-electron chi connectivity index (χ4n) is 2.76. The molecule has 1 aromatic heterocycles. The molecule has 1 fully saturated rings. The summed E-state index contributed by atoms with van der Waals surface area (Å²) in [4.78, 5) is 7.32. The maximum atomic E-state index is 13.4. The number of aromatic nitrogens is 2. The molecule has 3 atom stereocenters. The van der Waals surface area contributed by atoms with E-state index >= 15 is 0 Å². The Labute approximate surface area is 170 Å². The number of hydrogen-bond donors (Lipinski definition) is 3. The van der Waals surface area contributed by atoms with Crippen LogP contribution in [0.3, 0.4) is 0 Å².